The molecule has 0 saturated carbocycles. The van der Waals surface area contributed by atoms with Gasteiger partial charge in [0, 0.05) is 4.47 Å². The van der Waals surface area contributed by atoms with E-state index < -0.39 is 0 Å². The number of furan rings is 1. The fourth-order valence-electron chi connectivity index (χ4n) is 1.87. The molecule has 0 aliphatic heterocycles. The zero-order chi connectivity index (χ0) is 16.8. The number of benzene rings is 1. The fourth-order valence-corrected chi connectivity index (χ4v) is 2.72. The van der Waals surface area contributed by atoms with Crippen LogP contribution in [0.4, 0.5) is 0 Å². The van der Waals surface area contributed by atoms with Crippen LogP contribution in [-0.2, 0) is 6.61 Å². The Morgan fingerprint density at radius 3 is 2.92 bits per heavy atom. The smallest absolute Gasteiger partial charge is 0.211 e. The van der Waals surface area contributed by atoms with E-state index in [-0.39, 0.29) is 0 Å². The van der Waals surface area contributed by atoms with E-state index in [9.17, 15) is 0 Å². The second-order valence-corrected chi connectivity index (χ2v) is 6.83. The Kier molecular flexibility index (Phi) is 5.71. The first kappa shape index (κ1) is 16.8. The first-order valence-electron chi connectivity index (χ1n) is 7.29. The molecule has 0 spiro atoms. The van der Waals surface area contributed by atoms with Gasteiger partial charge in [-0.2, -0.15) is 9.78 Å². The van der Waals surface area contributed by atoms with Gasteiger partial charge < -0.3 is 9.15 Å². The third-order valence-electron chi connectivity index (χ3n) is 2.96. The van der Waals surface area contributed by atoms with Crippen molar-refractivity contribution in [1.29, 1.82) is 0 Å². The summed E-state index contributed by atoms with van der Waals surface area (Å²) >= 11 is 4.97. The van der Waals surface area contributed by atoms with Crippen molar-refractivity contribution in [3.05, 3.63) is 58.7 Å². The Morgan fingerprint density at radius 1 is 1.29 bits per heavy atom. The summed E-state index contributed by atoms with van der Waals surface area (Å²) in [5.74, 6) is 3.07. The van der Waals surface area contributed by atoms with E-state index in [4.69, 9.17) is 9.15 Å². The highest BCUT2D eigenvalue weighted by atomic mass is 79.9. The van der Waals surface area contributed by atoms with Gasteiger partial charge in [0.2, 0.25) is 5.16 Å². The van der Waals surface area contributed by atoms with Crippen LogP contribution in [0.2, 0.25) is 0 Å². The van der Waals surface area contributed by atoms with Crippen LogP contribution >= 0.6 is 27.7 Å². The number of ether oxygens (including phenoxy) is 1. The van der Waals surface area contributed by atoms with Crippen molar-refractivity contribution < 1.29 is 9.15 Å². The van der Waals surface area contributed by atoms with Crippen LogP contribution in [0.1, 0.15) is 18.4 Å². The molecule has 24 heavy (non-hydrogen) atoms. The zero-order valence-corrected chi connectivity index (χ0v) is 15.3. The summed E-state index contributed by atoms with van der Waals surface area (Å²) in [7, 11) is 0. The van der Waals surface area contributed by atoms with Gasteiger partial charge in [-0.15, -0.1) is 10.2 Å². The van der Waals surface area contributed by atoms with Crippen molar-refractivity contribution in [2.75, 3.05) is 5.75 Å². The molecule has 0 fully saturated rings. The van der Waals surface area contributed by atoms with Gasteiger partial charge in [-0.3, -0.25) is 0 Å². The summed E-state index contributed by atoms with van der Waals surface area (Å²) in [4.78, 5) is 0. The second-order valence-electron chi connectivity index (χ2n) is 4.68. The van der Waals surface area contributed by atoms with E-state index >= 15 is 0 Å². The van der Waals surface area contributed by atoms with Crippen LogP contribution in [0.3, 0.4) is 0 Å². The van der Waals surface area contributed by atoms with Gasteiger partial charge in [0.05, 0.1) is 6.21 Å². The molecule has 0 bridgehead atoms. The highest BCUT2D eigenvalue weighted by molar-refractivity contribution is 9.10. The van der Waals surface area contributed by atoms with Gasteiger partial charge in [-0.25, -0.2) is 0 Å². The number of rotatable bonds is 7. The van der Waals surface area contributed by atoms with E-state index in [0.717, 1.165) is 26.9 Å². The number of hydrogen-bond acceptors (Lipinski definition) is 6. The van der Waals surface area contributed by atoms with Gasteiger partial charge in [-0.05, 0) is 42.2 Å². The van der Waals surface area contributed by atoms with Crippen LogP contribution < -0.4 is 4.74 Å². The minimum absolute atomic E-state index is 0.360. The van der Waals surface area contributed by atoms with Crippen LogP contribution in [0.15, 0.2) is 61.9 Å². The van der Waals surface area contributed by atoms with Crippen LogP contribution in [0.5, 0.6) is 5.75 Å². The van der Waals surface area contributed by atoms with E-state index in [1.54, 1.807) is 29.0 Å². The third kappa shape index (κ3) is 4.48. The maximum absolute atomic E-state index is 5.68. The molecule has 0 atom stereocenters. The first-order valence-corrected chi connectivity index (χ1v) is 9.06. The molecular weight excluding hydrogens is 392 g/mol. The molecule has 0 aliphatic carbocycles. The quantitative estimate of drug-likeness (QED) is 0.434. The zero-order valence-electron chi connectivity index (χ0n) is 12.9. The summed E-state index contributed by atoms with van der Waals surface area (Å²) in [6.07, 6.45) is 3.20. The molecule has 0 N–H and O–H groups in total. The second kappa shape index (κ2) is 8.16. The lowest BCUT2D eigenvalue weighted by Gasteiger charge is -2.03. The minimum atomic E-state index is 0.360. The number of thioether (sulfide) groups is 1. The summed E-state index contributed by atoms with van der Waals surface area (Å²) < 4.78 is 14.0. The van der Waals surface area contributed by atoms with Gasteiger partial charge in [0.1, 0.15) is 30.2 Å². The largest absolute Gasteiger partial charge is 0.486 e. The molecular formula is C16H15BrN4O2S. The summed E-state index contributed by atoms with van der Waals surface area (Å²) in [6.45, 7) is 2.41. The predicted molar refractivity (Wildman–Crippen MR) is 96.6 cm³/mol. The molecule has 0 radical (unpaired) electrons. The number of halogens is 1. The fraction of sp³-hybridized carbons (Fsp3) is 0.188. The molecule has 0 aliphatic rings. The summed E-state index contributed by atoms with van der Waals surface area (Å²) in [5, 5.41) is 12.9. The van der Waals surface area contributed by atoms with Crippen molar-refractivity contribution in [2.45, 2.75) is 18.7 Å². The van der Waals surface area contributed by atoms with E-state index in [1.807, 2.05) is 36.4 Å². The molecule has 8 heteroatoms. The summed E-state index contributed by atoms with van der Waals surface area (Å²) in [5.41, 5.74) is 0. The Morgan fingerprint density at radius 2 is 2.12 bits per heavy atom. The van der Waals surface area contributed by atoms with Crippen molar-refractivity contribution in [3.8, 4) is 5.75 Å². The molecule has 124 valence electrons. The average Bonchev–Trinajstić information content (AvgIpc) is 3.22. The van der Waals surface area contributed by atoms with Gasteiger partial charge in [-0.1, -0.05) is 34.6 Å². The number of nitrogens with zero attached hydrogens (tertiary/aromatic N) is 4. The molecule has 2 aromatic heterocycles. The Bertz CT molecular complexity index is 814. The number of hydrogen-bond donors (Lipinski definition) is 0. The lowest BCUT2D eigenvalue weighted by atomic mass is 10.3. The molecule has 0 amide bonds. The highest BCUT2D eigenvalue weighted by Crippen LogP contribution is 2.18. The molecule has 1 aromatic carbocycles. The molecule has 0 unspecified atom stereocenters. The van der Waals surface area contributed by atoms with Gasteiger partial charge in [0.25, 0.3) is 0 Å². The van der Waals surface area contributed by atoms with Crippen LogP contribution in [-0.4, -0.2) is 26.8 Å². The number of aromatic nitrogens is 3. The SMILES string of the molecule is CCSc1nncn1/N=C/c1ccc(COc2ccc(Br)cc2)o1. The van der Waals surface area contributed by atoms with Crippen LogP contribution in [0, 0.1) is 0 Å². The maximum atomic E-state index is 5.68. The molecule has 0 saturated heterocycles. The topological polar surface area (TPSA) is 65.4 Å². The van der Waals surface area contributed by atoms with E-state index in [1.165, 1.54) is 0 Å². The maximum Gasteiger partial charge on any atom is 0.211 e. The van der Waals surface area contributed by atoms with Crippen molar-refractivity contribution in [3.63, 3.8) is 0 Å². The molecule has 2 heterocycles. The normalized spacial score (nSPS) is 11.2. The monoisotopic (exact) mass is 406 g/mol. The van der Waals surface area contributed by atoms with Crippen LogP contribution in [0.25, 0.3) is 0 Å². The van der Waals surface area contributed by atoms with Gasteiger partial charge >= 0.3 is 0 Å². The standard InChI is InChI=1S/C16H15BrN4O2S/c1-2-24-16-20-18-11-21(16)19-9-14-7-8-15(23-14)10-22-13-5-3-12(17)4-6-13/h3-9,11H,2,10H2,1H3/b19-9+. The Balaban J connectivity index is 1.59. The Hall–Kier alpha value is -2.06. The minimum Gasteiger partial charge on any atom is -0.486 e. The molecule has 3 rings (SSSR count). The molecule has 3 aromatic rings. The van der Waals surface area contributed by atoms with Crippen molar-refractivity contribution in [1.82, 2.24) is 14.9 Å². The van der Waals surface area contributed by atoms with E-state index in [0.29, 0.717) is 12.4 Å². The van der Waals surface area contributed by atoms with Gasteiger partial charge in [0.15, 0.2) is 0 Å². The van der Waals surface area contributed by atoms with Crippen molar-refractivity contribution >= 4 is 33.9 Å². The predicted octanol–water partition coefficient (Wildman–Crippen LogP) is 4.21. The highest BCUT2D eigenvalue weighted by Gasteiger charge is 2.04. The average molecular weight is 407 g/mol. The third-order valence-corrected chi connectivity index (χ3v) is 4.30. The lowest BCUT2D eigenvalue weighted by Crippen LogP contribution is -1.93. The Labute approximate surface area is 152 Å². The lowest BCUT2D eigenvalue weighted by molar-refractivity contribution is 0.270. The molecule has 6 nitrogen and oxygen atoms in total. The first-order chi connectivity index (χ1) is 11.7. The van der Waals surface area contributed by atoms with Crippen molar-refractivity contribution in [2.24, 2.45) is 5.10 Å². The van der Waals surface area contributed by atoms with E-state index in [2.05, 4.69) is 38.2 Å². The summed E-state index contributed by atoms with van der Waals surface area (Å²) in [6, 6.07) is 11.4.